The van der Waals surface area contributed by atoms with Crippen molar-refractivity contribution in [1.82, 2.24) is 0 Å². The molecule has 4 atom stereocenters. The second-order valence-corrected chi connectivity index (χ2v) is 5.89. The fourth-order valence-electron chi connectivity index (χ4n) is 3.92. The van der Waals surface area contributed by atoms with Crippen LogP contribution in [0.2, 0.25) is 0 Å². The summed E-state index contributed by atoms with van der Waals surface area (Å²) in [5.41, 5.74) is 3.83. The Morgan fingerprint density at radius 1 is 1.29 bits per heavy atom. The Bertz CT molecular complexity index is 419. The zero-order valence-electron chi connectivity index (χ0n) is 10.7. The molecule has 0 bridgehead atoms. The lowest BCUT2D eigenvalue weighted by Crippen LogP contribution is -2.28. The number of hydrogen-bond acceptors (Lipinski definition) is 2. The van der Waals surface area contributed by atoms with Crippen LogP contribution in [0.4, 0.5) is 0 Å². The van der Waals surface area contributed by atoms with Gasteiger partial charge in [-0.05, 0) is 38.5 Å². The van der Waals surface area contributed by atoms with Crippen molar-refractivity contribution in [2.24, 2.45) is 17.8 Å². The van der Waals surface area contributed by atoms with E-state index in [0.29, 0.717) is 17.4 Å². The van der Waals surface area contributed by atoms with Crippen molar-refractivity contribution in [1.29, 1.82) is 0 Å². The van der Waals surface area contributed by atoms with E-state index < -0.39 is 0 Å². The molecule has 2 fully saturated rings. The molecule has 1 saturated carbocycles. The van der Waals surface area contributed by atoms with E-state index in [1.54, 1.807) is 5.57 Å². The molecule has 0 spiro atoms. The third-order valence-electron chi connectivity index (χ3n) is 4.97. The molecule has 92 valence electrons. The maximum atomic E-state index is 11.7. The SMILES string of the molecule is C=C1C(=O)O[C@@H]2[C@@H]3C(=C(C)CC[C@@H]12)CCC3C. The van der Waals surface area contributed by atoms with Gasteiger partial charge in [0.2, 0.25) is 0 Å². The van der Waals surface area contributed by atoms with Gasteiger partial charge < -0.3 is 4.74 Å². The van der Waals surface area contributed by atoms with Crippen LogP contribution >= 0.6 is 0 Å². The smallest absolute Gasteiger partial charge is 0.334 e. The second kappa shape index (κ2) is 3.72. The van der Waals surface area contributed by atoms with Gasteiger partial charge in [-0.15, -0.1) is 0 Å². The molecule has 2 nitrogen and oxygen atoms in total. The average molecular weight is 232 g/mol. The molecule has 2 aliphatic carbocycles. The van der Waals surface area contributed by atoms with Crippen LogP contribution in [0, 0.1) is 17.8 Å². The first-order chi connectivity index (χ1) is 8.09. The first-order valence-electron chi connectivity index (χ1n) is 6.68. The second-order valence-electron chi connectivity index (χ2n) is 5.89. The molecule has 3 aliphatic rings. The molecule has 0 aromatic rings. The normalized spacial score (nSPS) is 41.1. The molecular formula is C15H20O2. The van der Waals surface area contributed by atoms with Gasteiger partial charge in [0, 0.05) is 17.4 Å². The molecule has 0 radical (unpaired) electrons. The van der Waals surface area contributed by atoms with Crippen molar-refractivity contribution in [3.8, 4) is 0 Å². The molecule has 0 aromatic carbocycles. The average Bonchev–Trinajstić information content (AvgIpc) is 2.75. The van der Waals surface area contributed by atoms with E-state index in [2.05, 4.69) is 20.4 Å². The molecule has 1 aliphatic heterocycles. The van der Waals surface area contributed by atoms with Gasteiger partial charge in [-0.2, -0.15) is 0 Å². The lowest BCUT2D eigenvalue weighted by molar-refractivity contribution is -0.141. The lowest BCUT2D eigenvalue weighted by Gasteiger charge is -2.26. The first-order valence-corrected chi connectivity index (χ1v) is 6.68. The van der Waals surface area contributed by atoms with Gasteiger partial charge in [0.15, 0.2) is 0 Å². The lowest BCUT2D eigenvalue weighted by atomic mass is 9.82. The molecular weight excluding hydrogens is 212 g/mol. The van der Waals surface area contributed by atoms with E-state index in [4.69, 9.17) is 4.74 Å². The molecule has 2 heteroatoms. The van der Waals surface area contributed by atoms with E-state index in [9.17, 15) is 4.79 Å². The minimum absolute atomic E-state index is 0.0833. The van der Waals surface area contributed by atoms with Gasteiger partial charge >= 0.3 is 5.97 Å². The van der Waals surface area contributed by atoms with Crippen molar-refractivity contribution in [2.75, 3.05) is 0 Å². The summed E-state index contributed by atoms with van der Waals surface area (Å²) in [6.45, 7) is 8.48. The predicted molar refractivity (Wildman–Crippen MR) is 66.3 cm³/mol. The quantitative estimate of drug-likeness (QED) is 0.364. The number of carbonyl (C=O) groups excluding carboxylic acids is 1. The Labute approximate surface area is 103 Å². The van der Waals surface area contributed by atoms with Crippen LogP contribution < -0.4 is 0 Å². The molecule has 17 heavy (non-hydrogen) atoms. The fourth-order valence-corrected chi connectivity index (χ4v) is 3.92. The highest BCUT2D eigenvalue weighted by molar-refractivity contribution is 5.91. The molecule has 1 heterocycles. The third kappa shape index (κ3) is 1.50. The Kier molecular flexibility index (Phi) is 2.42. The van der Waals surface area contributed by atoms with E-state index in [1.807, 2.05) is 0 Å². The summed E-state index contributed by atoms with van der Waals surface area (Å²) in [4.78, 5) is 11.7. The highest BCUT2D eigenvalue weighted by Gasteiger charge is 2.48. The zero-order valence-corrected chi connectivity index (χ0v) is 10.7. The number of ether oxygens (including phenoxy) is 1. The molecule has 0 amide bonds. The van der Waals surface area contributed by atoms with Crippen LogP contribution in [-0.4, -0.2) is 12.1 Å². The summed E-state index contributed by atoms with van der Waals surface area (Å²) in [6.07, 6.45) is 4.67. The summed E-state index contributed by atoms with van der Waals surface area (Å²) in [5.74, 6) is 1.22. The molecule has 3 rings (SSSR count). The van der Waals surface area contributed by atoms with Crippen LogP contribution in [0.15, 0.2) is 23.3 Å². The standard InChI is InChI=1S/C15H20O2/c1-8-4-7-12-10(3)15(16)17-14(12)13-9(2)5-6-11(8)13/h9,12-14H,3-7H2,1-2H3/t9?,12-,13-,14-/m0/s1. The number of esters is 1. The summed E-state index contributed by atoms with van der Waals surface area (Å²) >= 11 is 0. The Hall–Kier alpha value is -1.05. The van der Waals surface area contributed by atoms with Crippen molar-refractivity contribution in [3.05, 3.63) is 23.3 Å². The van der Waals surface area contributed by atoms with Crippen molar-refractivity contribution in [3.63, 3.8) is 0 Å². The van der Waals surface area contributed by atoms with Crippen molar-refractivity contribution < 1.29 is 9.53 Å². The molecule has 1 saturated heterocycles. The number of hydrogen-bond donors (Lipinski definition) is 0. The summed E-state index contributed by atoms with van der Waals surface area (Å²) < 4.78 is 5.62. The Morgan fingerprint density at radius 3 is 2.82 bits per heavy atom. The minimum Gasteiger partial charge on any atom is -0.458 e. The Balaban J connectivity index is 2.02. The summed E-state index contributed by atoms with van der Waals surface area (Å²) in [5, 5.41) is 0. The summed E-state index contributed by atoms with van der Waals surface area (Å²) in [7, 11) is 0. The maximum absolute atomic E-state index is 11.7. The van der Waals surface area contributed by atoms with Crippen molar-refractivity contribution >= 4 is 5.97 Å². The fraction of sp³-hybridized carbons (Fsp3) is 0.667. The minimum atomic E-state index is -0.155. The molecule has 0 N–H and O–H groups in total. The highest BCUT2D eigenvalue weighted by atomic mass is 16.6. The third-order valence-corrected chi connectivity index (χ3v) is 4.97. The highest BCUT2D eigenvalue weighted by Crippen LogP contribution is 2.50. The van der Waals surface area contributed by atoms with Crippen LogP contribution in [-0.2, 0) is 9.53 Å². The van der Waals surface area contributed by atoms with E-state index in [-0.39, 0.29) is 18.0 Å². The van der Waals surface area contributed by atoms with Crippen LogP contribution in [0.1, 0.15) is 39.5 Å². The zero-order chi connectivity index (χ0) is 12.2. The van der Waals surface area contributed by atoms with Gasteiger partial charge in [-0.3, -0.25) is 0 Å². The van der Waals surface area contributed by atoms with Crippen LogP contribution in [0.3, 0.4) is 0 Å². The molecule has 1 unspecified atom stereocenters. The summed E-state index contributed by atoms with van der Waals surface area (Å²) in [6, 6.07) is 0. The number of allylic oxidation sites excluding steroid dienone is 1. The maximum Gasteiger partial charge on any atom is 0.334 e. The van der Waals surface area contributed by atoms with Gasteiger partial charge in [0.1, 0.15) is 6.10 Å². The van der Waals surface area contributed by atoms with Crippen molar-refractivity contribution in [2.45, 2.75) is 45.6 Å². The van der Waals surface area contributed by atoms with Gasteiger partial charge in [0.05, 0.1) is 0 Å². The van der Waals surface area contributed by atoms with Gasteiger partial charge in [0.25, 0.3) is 0 Å². The largest absolute Gasteiger partial charge is 0.458 e. The van der Waals surface area contributed by atoms with Crippen LogP contribution in [0.25, 0.3) is 0 Å². The van der Waals surface area contributed by atoms with Gasteiger partial charge in [-0.25, -0.2) is 4.79 Å². The number of rotatable bonds is 0. The van der Waals surface area contributed by atoms with E-state index >= 15 is 0 Å². The monoisotopic (exact) mass is 232 g/mol. The van der Waals surface area contributed by atoms with E-state index in [0.717, 1.165) is 12.8 Å². The van der Waals surface area contributed by atoms with Gasteiger partial charge in [-0.1, -0.05) is 24.6 Å². The van der Waals surface area contributed by atoms with Crippen LogP contribution in [0.5, 0.6) is 0 Å². The number of carbonyl (C=O) groups is 1. The predicted octanol–water partition coefficient (Wildman–Crippen LogP) is 3.24. The van der Waals surface area contributed by atoms with E-state index in [1.165, 1.54) is 18.4 Å². The first kappa shape index (κ1) is 11.1. The molecule has 0 aromatic heterocycles. The number of fused-ring (bicyclic) bond motifs is 3. The Morgan fingerprint density at radius 2 is 2.06 bits per heavy atom. The topological polar surface area (TPSA) is 26.3 Å².